The normalized spacial score (nSPS) is 11.3. The van der Waals surface area contributed by atoms with E-state index in [9.17, 15) is 8.42 Å². The summed E-state index contributed by atoms with van der Waals surface area (Å²) < 4.78 is 37.8. The molecule has 0 fully saturated rings. The van der Waals surface area contributed by atoms with Crippen LogP contribution < -0.4 is 14.2 Å². The van der Waals surface area contributed by atoms with Crippen LogP contribution in [0.5, 0.6) is 11.5 Å². The quantitative estimate of drug-likeness (QED) is 0.781. The van der Waals surface area contributed by atoms with Crippen molar-refractivity contribution in [3.8, 4) is 11.5 Å². The molecule has 130 valence electrons. The average Bonchev–Trinajstić information content (AvgIpc) is 2.57. The molecule has 0 aromatic heterocycles. The predicted molar refractivity (Wildman–Crippen MR) is 94.3 cm³/mol. The van der Waals surface area contributed by atoms with E-state index in [1.165, 1.54) is 19.2 Å². The summed E-state index contributed by atoms with van der Waals surface area (Å²) in [6.45, 7) is 6.46. The lowest BCUT2D eigenvalue weighted by molar-refractivity contribution is 0.318. The highest BCUT2D eigenvalue weighted by Gasteiger charge is 2.13. The van der Waals surface area contributed by atoms with Crippen molar-refractivity contribution in [1.29, 1.82) is 0 Å². The largest absolute Gasteiger partial charge is 0.497 e. The second-order valence-electron chi connectivity index (χ2n) is 5.58. The number of hydrogen-bond acceptors (Lipinski definition) is 4. The maximum atomic E-state index is 12.2. The highest BCUT2D eigenvalue weighted by atomic mass is 32.2. The fourth-order valence-corrected chi connectivity index (χ4v) is 3.33. The van der Waals surface area contributed by atoms with Gasteiger partial charge in [-0.1, -0.05) is 12.1 Å². The van der Waals surface area contributed by atoms with Crippen LogP contribution in [0.2, 0.25) is 0 Å². The van der Waals surface area contributed by atoms with Crippen LogP contribution in [0.25, 0.3) is 0 Å². The van der Waals surface area contributed by atoms with Crippen molar-refractivity contribution >= 4 is 10.0 Å². The molecule has 0 aliphatic rings. The number of nitrogens with one attached hydrogen (secondary N) is 1. The van der Waals surface area contributed by atoms with Gasteiger partial charge in [0.05, 0.1) is 12.0 Å². The van der Waals surface area contributed by atoms with Crippen LogP contribution in [-0.4, -0.2) is 28.7 Å². The fraction of sp³-hybridized carbons (Fsp3) is 0.333. The Balaban J connectivity index is 1.95. The Kier molecular flexibility index (Phi) is 5.85. The SMILES string of the molecule is COc1ccc(S(=O)(=O)NCCOc2c(C)ccc(C)c2C)cc1. The predicted octanol–water partition coefficient (Wildman–Crippen LogP) is 2.98. The molecule has 0 aliphatic heterocycles. The standard InChI is InChI=1S/C18H23NO4S/c1-13-5-6-14(2)18(15(13)3)23-12-11-19-24(20,21)17-9-7-16(22-4)8-10-17/h5-10,19H,11-12H2,1-4H3. The number of rotatable bonds is 7. The molecule has 24 heavy (non-hydrogen) atoms. The molecule has 0 saturated carbocycles. The molecule has 2 aromatic rings. The molecule has 0 bridgehead atoms. The van der Waals surface area contributed by atoms with Crippen molar-refractivity contribution in [3.63, 3.8) is 0 Å². The van der Waals surface area contributed by atoms with E-state index in [1.54, 1.807) is 12.1 Å². The number of aryl methyl sites for hydroxylation is 2. The Hall–Kier alpha value is -2.05. The lowest BCUT2D eigenvalue weighted by Gasteiger charge is -2.14. The van der Waals surface area contributed by atoms with Gasteiger partial charge in [-0.15, -0.1) is 0 Å². The van der Waals surface area contributed by atoms with Gasteiger partial charge in [0.2, 0.25) is 10.0 Å². The van der Waals surface area contributed by atoms with E-state index < -0.39 is 10.0 Å². The fourth-order valence-electron chi connectivity index (χ4n) is 2.31. The van der Waals surface area contributed by atoms with E-state index in [0.717, 1.165) is 22.4 Å². The van der Waals surface area contributed by atoms with Crippen molar-refractivity contribution < 1.29 is 17.9 Å². The van der Waals surface area contributed by atoms with Gasteiger partial charge >= 0.3 is 0 Å². The van der Waals surface area contributed by atoms with Gasteiger partial charge in [-0.05, 0) is 61.7 Å². The lowest BCUT2D eigenvalue weighted by Crippen LogP contribution is -2.28. The van der Waals surface area contributed by atoms with Crippen molar-refractivity contribution in [1.82, 2.24) is 4.72 Å². The van der Waals surface area contributed by atoms with E-state index in [0.29, 0.717) is 5.75 Å². The molecule has 0 spiro atoms. The van der Waals surface area contributed by atoms with E-state index in [2.05, 4.69) is 4.72 Å². The zero-order valence-corrected chi connectivity index (χ0v) is 15.2. The molecule has 0 heterocycles. The van der Waals surface area contributed by atoms with Crippen molar-refractivity contribution in [2.45, 2.75) is 25.7 Å². The molecule has 0 aliphatic carbocycles. The monoisotopic (exact) mass is 349 g/mol. The lowest BCUT2D eigenvalue weighted by atomic mass is 10.1. The third-order valence-corrected chi connectivity index (χ3v) is 5.36. The molecule has 0 atom stereocenters. The van der Waals surface area contributed by atoms with Crippen molar-refractivity contribution in [2.24, 2.45) is 0 Å². The van der Waals surface area contributed by atoms with Crippen LogP contribution in [0.4, 0.5) is 0 Å². The van der Waals surface area contributed by atoms with Crippen LogP contribution in [-0.2, 0) is 10.0 Å². The third-order valence-electron chi connectivity index (χ3n) is 3.88. The minimum absolute atomic E-state index is 0.196. The molecule has 0 radical (unpaired) electrons. The molecular weight excluding hydrogens is 326 g/mol. The van der Waals surface area contributed by atoms with Gasteiger partial charge < -0.3 is 9.47 Å². The summed E-state index contributed by atoms with van der Waals surface area (Å²) in [5.41, 5.74) is 3.26. The van der Waals surface area contributed by atoms with Gasteiger partial charge in [-0.25, -0.2) is 13.1 Å². The van der Waals surface area contributed by atoms with Gasteiger partial charge in [0.1, 0.15) is 18.1 Å². The van der Waals surface area contributed by atoms with E-state index in [4.69, 9.17) is 9.47 Å². The number of ether oxygens (including phenoxy) is 2. The summed E-state index contributed by atoms with van der Waals surface area (Å²) in [6, 6.07) is 10.3. The number of sulfonamides is 1. The Morgan fingerprint density at radius 3 is 2.21 bits per heavy atom. The minimum atomic E-state index is -3.55. The first-order chi connectivity index (χ1) is 11.3. The highest BCUT2D eigenvalue weighted by molar-refractivity contribution is 7.89. The number of hydrogen-bond donors (Lipinski definition) is 1. The van der Waals surface area contributed by atoms with Crippen molar-refractivity contribution in [3.05, 3.63) is 53.1 Å². The van der Waals surface area contributed by atoms with Crippen molar-refractivity contribution in [2.75, 3.05) is 20.3 Å². The van der Waals surface area contributed by atoms with Crippen LogP contribution in [0, 0.1) is 20.8 Å². The van der Waals surface area contributed by atoms with E-state index >= 15 is 0 Å². The summed E-state index contributed by atoms with van der Waals surface area (Å²) in [4.78, 5) is 0.200. The number of methoxy groups -OCH3 is 1. The summed E-state index contributed by atoms with van der Waals surface area (Å²) >= 11 is 0. The van der Waals surface area contributed by atoms with Gasteiger partial charge in [0, 0.05) is 6.54 Å². The summed E-state index contributed by atoms with van der Waals surface area (Å²) in [6.07, 6.45) is 0. The Bertz CT molecular complexity index is 799. The second kappa shape index (κ2) is 7.68. The molecular formula is C18H23NO4S. The summed E-state index contributed by atoms with van der Waals surface area (Å²) in [7, 11) is -2.02. The van der Waals surface area contributed by atoms with Gasteiger partial charge in [0.25, 0.3) is 0 Å². The first-order valence-electron chi connectivity index (χ1n) is 7.68. The molecule has 1 N–H and O–H groups in total. The second-order valence-corrected chi connectivity index (χ2v) is 7.34. The van der Waals surface area contributed by atoms with Crippen LogP contribution in [0.1, 0.15) is 16.7 Å². The summed E-state index contributed by atoms with van der Waals surface area (Å²) in [5, 5.41) is 0. The van der Waals surface area contributed by atoms with Gasteiger partial charge in [0.15, 0.2) is 0 Å². The van der Waals surface area contributed by atoms with Crippen LogP contribution >= 0.6 is 0 Å². The first kappa shape index (κ1) is 18.3. The zero-order chi connectivity index (χ0) is 17.7. The van der Waals surface area contributed by atoms with E-state index in [1.807, 2.05) is 32.9 Å². The topological polar surface area (TPSA) is 64.6 Å². The Labute approximate surface area is 143 Å². The molecule has 6 heteroatoms. The van der Waals surface area contributed by atoms with Crippen LogP contribution in [0.3, 0.4) is 0 Å². The number of benzene rings is 2. The summed E-state index contributed by atoms with van der Waals surface area (Å²) in [5.74, 6) is 1.43. The molecule has 5 nitrogen and oxygen atoms in total. The molecule has 0 saturated heterocycles. The van der Waals surface area contributed by atoms with Crippen LogP contribution in [0.15, 0.2) is 41.3 Å². The maximum Gasteiger partial charge on any atom is 0.240 e. The molecule has 0 amide bonds. The highest BCUT2D eigenvalue weighted by Crippen LogP contribution is 2.25. The van der Waals surface area contributed by atoms with Gasteiger partial charge in [-0.3, -0.25) is 0 Å². The zero-order valence-electron chi connectivity index (χ0n) is 14.4. The smallest absolute Gasteiger partial charge is 0.240 e. The maximum absolute atomic E-state index is 12.2. The Morgan fingerprint density at radius 2 is 1.58 bits per heavy atom. The Morgan fingerprint density at radius 1 is 0.958 bits per heavy atom. The van der Waals surface area contributed by atoms with Gasteiger partial charge in [-0.2, -0.15) is 0 Å². The average molecular weight is 349 g/mol. The van der Waals surface area contributed by atoms with E-state index in [-0.39, 0.29) is 18.0 Å². The molecule has 2 aromatic carbocycles. The minimum Gasteiger partial charge on any atom is -0.497 e. The first-order valence-corrected chi connectivity index (χ1v) is 9.17. The molecule has 0 unspecified atom stereocenters. The molecule has 2 rings (SSSR count). The third kappa shape index (κ3) is 4.27.